The number of morpholine rings is 1. The highest BCUT2D eigenvalue weighted by Crippen LogP contribution is 2.20. The summed E-state index contributed by atoms with van der Waals surface area (Å²) in [6, 6.07) is 3.62. The van der Waals surface area contributed by atoms with Crippen LogP contribution in [0.1, 0.15) is 24.3 Å². The molecule has 0 atom stereocenters. The number of nitrogens with zero attached hydrogens (tertiary/aromatic N) is 2. The minimum atomic E-state index is -0.283. The van der Waals surface area contributed by atoms with Crippen molar-refractivity contribution in [2.45, 2.75) is 19.4 Å². The molecule has 0 aliphatic carbocycles. The molecule has 0 radical (unpaired) electrons. The van der Waals surface area contributed by atoms with Gasteiger partial charge in [-0.2, -0.15) is 0 Å². The molecule has 0 spiro atoms. The third-order valence-electron chi connectivity index (χ3n) is 2.67. The lowest BCUT2D eigenvalue weighted by Gasteiger charge is -2.38. The van der Waals surface area contributed by atoms with Gasteiger partial charge in [0.25, 0.3) is 5.91 Å². The summed E-state index contributed by atoms with van der Waals surface area (Å²) in [5.41, 5.74) is 0.181. The fourth-order valence-electron chi connectivity index (χ4n) is 1.88. The molecule has 1 amide bonds. The molecule has 1 fully saturated rings. The zero-order valence-electron chi connectivity index (χ0n) is 9.94. The third-order valence-corrected chi connectivity index (χ3v) is 3.31. The van der Waals surface area contributed by atoms with Gasteiger partial charge < -0.3 is 9.64 Å². The van der Waals surface area contributed by atoms with Crippen molar-refractivity contribution >= 4 is 21.8 Å². The van der Waals surface area contributed by atoms with Crippen molar-refractivity contribution in [2.75, 3.05) is 19.7 Å². The Labute approximate surface area is 109 Å². The fraction of sp³-hybridized carbons (Fsp3) is 0.500. The van der Waals surface area contributed by atoms with E-state index >= 15 is 0 Å². The first-order valence-corrected chi connectivity index (χ1v) is 6.33. The van der Waals surface area contributed by atoms with E-state index in [1.807, 2.05) is 19.9 Å². The molecule has 1 saturated heterocycles. The number of hydrogen-bond donors (Lipinski definition) is 0. The molecule has 92 valence electrons. The van der Waals surface area contributed by atoms with Gasteiger partial charge in [0.2, 0.25) is 0 Å². The Balaban J connectivity index is 2.18. The highest BCUT2D eigenvalue weighted by Gasteiger charge is 2.31. The molecule has 0 unspecified atom stereocenters. The zero-order chi connectivity index (χ0) is 12.5. The lowest BCUT2D eigenvalue weighted by molar-refractivity contribution is -0.0765. The highest BCUT2D eigenvalue weighted by molar-refractivity contribution is 9.10. The van der Waals surface area contributed by atoms with Crippen LogP contribution in [0.3, 0.4) is 0 Å². The van der Waals surface area contributed by atoms with Crippen molar-refractivity contribution in [3.8, 4) is 0 Å². The molecule has 2 heterocycles. The summed E-state index contributed by atoms with van der Waals surface area (Å²) in [5, 5.41) is 0. The number of aromatic nitrogens is 1. The van der Waals surface area contributed by atoms with Crippen LogP contribution in [-0.2, 0) is 4.74 Å². The van der Waals surface area contributed by atoms with Gasteiger partial charge in [0.15, 0.2) is 0 Å². The summed E-state index contributed by atoms with van der Waals surface area (Å²) < 4.78 is 6.32. The summed E-state index contributed by atoms with van der Waals surface area (Å²) >= 11 is 3.35. The molecule has 0 N–H and O–H groups in total. The van der Waals surface area contributed by atoms with Crippen molar-refractivity contribution < 1.29 is 9.53 Å². The molecule has 0 aromatic carbocycles. The molecule has 0 saturated carbocycles. The van der Waals surface area contributed by atoms with Crippen LogP contribution >= 0.6 is 15.9 Å². The minimum absolute atomic E-state index is 0.0474. The second-order valence-corrected chi connectivity index (χ2v) is 5.52. The van der Waals surface area contributed by atoms with Crippen molar-refractivity contribution in [3.05, 3.63) is 28.5 Å². The first-order valence-electron chi connectivity index (χ1n) is 5.53. The summed E-state index contributed by atoms with van der Waals surface area (Å²) in [7, 11) is 0. The average Bonchev–Trinajstić information content (AvgIpc) is 2.27. The van der Waals surface area contributed by atoms with Crippen LogP contribution < -0.4 is 0 Å². The predicted octanol–water partition coefficient (Wildman–Crippen LogP) is 2.10. The summed E-state index contributed by atoms with van der Waals surface area (Å²) in [6.45, 7) is 5.75. The van der Waals surface area contributed by atoms with Crippen molar-refractivity contribution in [1.29, 1.82) is 0 Å². The number of carbonyl (C=O) groups is 1. The smallest absolute Gasteiger partial charge is 0.273 e. The molecule has 1 aromatic rings. The quantitative estimate of drug-likeness (QED) is 0.797. The normalized spacial score (nSPS) is 19.1. The van der Waals surface area contributed by atoms with Gasteiger partial charge >= 0.3 is 0 Å². The molecule has 1 aromatic heterocycles. The molecule has 2 rings (SSSR count). The van der Waals surface area contributed by atoms with E-state index in [-0.39, 0.29) is 11.5 Å². The van der Waals surface area contributed by atoms with Gasteiger partial charge in [-0.25, -0.2) is 4.98 Å². The maximum absolute atomic E-state index is 12.3. The Morgan fingerprint density at radius 1 is 1.59 bits per heavy atom. The monoisotopic (exact) mass is 298 g/mol. The zero-order valence-corrected chi connectivity index (χ0v) is 11.5. The molecule has 1 aliphatic heterocycles. The maximum Gasteiger partial charge on any atom is 0.273 e. The molecular formula is C12H15BrN2O2. The maximum atomic E-state index is 12.3. The van der Waals surface area contributed by atoms with Crippen molar-refractivity contribution in [3.63, 3.8) is 0 Å². The van der Waals surface area contributed by atoms with Gasteiger partial charge in [-0.15, -0.1) is 0 Å². The van der Waals surface area contributed by atoms with E-state index in [0.29, 0.717) is 25.4 Å². The Morgan fingerprint density at radius 2 is 2.35 bits per heavy atom. The van der Waals surface area contributed by atoms with Crippen LogP contribution in [0.25, 0.3) is 0 Å². The number of pyridine rings is 1. The van der Waals surface area contributed by atoms with Crippen LogP contribution in [0.4, 0.5) is 0 Å². The number of rotatable bonds is 1. The summed E-state index contributed by atoms with van der Waals surface area (Å²) in [6.07, 6.45) is 1.63. The van der Waals surface area contributed by atoms with Gasteiger partial charge in [0.1, 0.15) is 5.69 Å². The summed E-state index contributed by atoms with van der Waals surface area (Å²) in [4.78, 5) is 18.2. The Bertz CT molecular complexity index is 434. The lowest BCUT2D eigenvalue weighted by atomic mass is 10.1. The van der Waals surface area contributed by atoms with E-state index in [9.17, 15) is 4.79 Å². The third kappa shape index (κ3) is 2.84. The summed E-state index contributed by atoms with van der Waals surface area (Å²) in [5.74, 6) is -0.0474. The molecule has 1 aliphatic rings. The van der Waals surface area contributed by atoms with E-state index in [2.05, 4.69) is 20.9 Å². The Kier molecular flexibility index (Phi) is 3.49. The molecule has 0 bridgehead atoms. The Morgan fingerprint density at radius 3 is 3.00 bits per heavy atom. The van der Waals surface area contributed by atoms with Gasteiger partial charge in [-0.3, -0.25) is 4.79 Å². The minimum Gasteiger partial charge on any atom is -0.372 e. The molecule has 4 nitrogen and oxygen atoms in total. The number of amides is 1. The number of hydrogen-bond acceptors (Lipinski definition) is 3. The van der Waals surface area contributed by atoms with Crippen LogP contribution in [-0.4, -0.2) is 41.1 Å². The predicted molar refractivity (Wildman–Crippen MR) is 67.9 cm³/mol. The van der Waals surface area contributed by atoms with Crippen molar-refractivity contribution in [1.82, 2.24) is 9.88 Å². The van der Waals surface area contributed by atoms with Crippen LogP contribution in [0.2, 0.25) is 0 Å². The second-order valence-electron chi connectivity index (χ2n) is 4.67. The first-order chi connectivity index (χ1) is 7.99. The second kappa shape index (κ2) is 4.74. The lowest BCUT2D eigenvalue weighted by Crippen LogP contribution is -2.50. The molecule has 17 heavy (non-hydrogen) atoms. The van der Waals surface area contributed by atoms with E-state index in [1.165, 1.54) is 0 Å². The van der Waals surface area contributed by atoms with Gasteiger partial charge in [-0.1, -0.05) is 0 Å². The largest absolute Gasteiger partial charge is 0.372 e. The fourth-order valence-corrected chi connectivity index (χ4v) is 2.31. The van der Waals surface area contributed by atoms with Crippen LogP contribution in [0.15, 0.2) is 22.8 Å². The number of halogens is 1. The van der Waals surface area contributed by atoms with Crippen molar-refractivity contribution in [2.24, 2.45) is 0 Å². The van der Waals surface area contributed by atoms with E-state index in [4.69, 9.17) is 4.74 Å². The number of carbonyl (C=O) groups excluding carboxylic acids is 1. The number of ether oxygens (including phenoxy) is 1. The van der Waals surface area contributed by atoms with Gasteiger partial charge in [-0.05, 0) is 41.9 Å². The van der Waals surface area contributed by atoms with Crippen LogP contribution in [0.5, 0.6) is 0 Å². The molecule has 5 heteroatoms. The Hall–Kier alpha value is -0.940. The van der Waals surface area contributed by atoms with E-state index in [0.717, 1.165) is 4.47 Å². The van der Waals surface area contributed by atoms with Gasteiger partial charge in [0.05, 0.1) is 12.2 Å². The topological polar surface area (TPSA) is 42.4 Å². The van der Waals surface area contributed by atoms with Crippen LogP contribution in [0, 0.1) is 0 Å². The highest BCUT2D eigenvalue weighted by atomic mass is 79.9. The molecular weight excluding hydrogens is 284 g/mol. The van der Waals surface area contributed by atoms with E-state index < -0.39 is 0 Å². The van der Waals surface area contributed by atoms with Gasteiger partial charge in [0, 0.05) is 23.8 Å². The SMILES string of the molecule is CC1(C)CN(C(=O)c2ncccc2Br)CCO1. The standard InChI is InChI=1S/C12H15BrN2O2/c1-12(2)8-15(6-7-17-12)11(16)10-9(13)4-3-5-14-10/h3-5H,6-8H2,1-2H3. The van der Waals surface area contributed by atoms with E-state index in [1.54, 1.807) is 17.2 Å². The first kappa shape index (κ1) is 12.5. The average molecular weight is 299 g/mol.